The molecule has 0 N–H and O–H groups in total. The summed E-state index contributed by atoms with van der Waals surface area (Å²) in [5.41, 5.74) is -0.487. The molecule has 1 aromatic carbocycles. The van der Waals surface area contributed by atoms with Gasteiger partial charge in [-0.1, -0.05) is 31.0 Å². The molecule has 2 saturated carbocycles. The molecule has 1 aromatic rings. The molecular formula is C21H24F3NO3. The molecule has 0 spiro atoms. The lowest BCUT2D eigenvalue weighted by molar-refractivity contribution is -0.153. The van der Waals surface area contributed by atoms with Crippen molar-refractivity contribution in [1.29, 1.82) is 0 Å². The van der Waals surface area contributed by atoms with Crippen LogP contribution in [0.25, 0.3) is 0 Å². The average Bonchev–Trinajstić information content (AvgIpc) is 3.39. The third kappa shape index (κ3) is 3.29. The first-order valence-corrected chi connectivity index (χ1v) is 9.89. The molecular weight excluding hydrogens is 371 g/mol. The number of hydrogen-bond acceptors (Lipinski definition) is 3. The number of alkyl halides is 3. The van der Waals surface area contributed by atoms with Gasteiger partial charge < -0.3 is 9.64 Å². The second kappa shape index (κ2) is 7.08. The minimum atomic E-state index is -4.44. The number of ether oxygens (including phenoxy) is 1. The summed E-state index contributed by atoms with van der Waals surface area (Å²) in [6.45, 7) is 0. The average molecular weight is 395 g/mol. The van der Waals surface area contributed by atoms with Crippen molar-refractivity contribution in [1.82, 2.24) is 4.90 Å². The molecule has 152 valence electrons. The topological polar surface area (TPSA) is 46.6 Å². The summed E-state index contributed by atoms with van der Waals surface area (Å²) in [7, 11) is 1.31. The maximum atomic E-state index is 13.3. The van der Waals surface area contributed by atoms with E-state index in [1.54, 1.807) is 11.0 Å². The van der Waals surface area contributed by atoms with Gasteiger partial charge in [0.05, 0.1) is 12.7 Å². The molecule has 0 unspecified atom stereocenters. The molecule has 2 aliphatic carbocycles. The van der Waals surface area contributed by atoms with Crippen LogP contribution in [0.4, 0.5) is 13.2 Å². The summed E-state index contributed by atoms with van der Waals surface area (Å²) in [6.07, 6.45) is 0.468. The van der Waals surface area contributed by atoms with E-state index in [1.807, 2.05) is 0 Å². The number of hydrogen-bond donors (Lipinski definition) is 0. The highest BCUT2D eigenvalue weighted by atomic mass is 19.4. The standard InChI is InChI=1S/C21H24F3NO3/c1-28-20(27)18-10-12-6-2-5-9-17(12)25(18)19(26)15-11-14(15)13-7-3-4-8-16(13)21(22,23)24/h3-4,7-8,12,14-15,17-18H,2,5-6,9-11H2,1H3/t12-,14-,15-,17-,18-/m0/s1. The van der Waals surface area contributed by atoms with Gasteiger partial charge in [0.25, 0.3) is 0 Å². The zero-order valence-corrected chi connectivity index (χ0v) is 15.7. The summed E-state index contributed by atoms with van der Waals surface area (Å²) >= 11 is 0. The summed E-state index contributed by atoms with van der Waals surface area (Å²) in [4.78, 5) is 27.2. The van der Waals surface area contributed by atoms with Crippen LogP contribution in [0.1, 0.15) is 55.6 Å². The van der Waals surface area contributed by atoms with Gasteiger partial charge in [0.15, 0.2) is 0 Å². The second-order valence-electron chi connectivity index (χ2n) is 8.17. The molecule has 1 aliphatic heterocycles. The highest BCUT2D eigenvalue weighted by molar-refractivity contribution is 5.89. The lowest BCUT2D eigenvalue weighted by Crippen LogP contribution is -2.47. The Morgan fingerprint density at radius 2 is 1.82 bits per heavy atom. The third-order valence-electron chi connectivity index (χ3n) is 6.59. The molecule has 4 nitrogen and oxygen atoms in total. The number of rotatable bonds is 3. The van der Waals surface area contributed by atoms with Gasteiger partial charge in [0.1, 0.15) is 6.04 Å². The number of fused-ring (bicyclic) bond motifs is 1. The Morgan fingerprint density at radius 3 is 2.54 bits per heavy atom. The van der Waals surface area contributed by atoms with E-state index in [4.69, 9.17) is 4.74 Å². The number of amides is 1. The molecule has 3 fully saturated rings. The Labute approximate surface area is 162 Å². The molecule has 0 aromatic heterocycles. The van der Waals surface area contributed by atoms with E-state index < -0.39 is 35.6 Å². The van der Waals surface area contributed by atoms with Gasteiger partial charge in [-0.2, -0.15) is 13.2 Å². The number of likely N-dealkylation sites (tertiary alicyclic amines) is 1. The number of halogens is 3. The zero-order valence-electron chi connectivity index (χ0n) is 15.7. The van der Waals surface area contributed by atoms with Crippen LogP contribution < -0.4 is 0 Å². The van der Waals surface area contributed by atoms with Crippen LogP contribution in [-0.4, -0.2) is 36.0 Å². The Balaban J connectivity index is 1.57. The van der Waals surface area contributed by atoms with Gasteiger partial charge in [-0.3, -0.25) is 4.79 Å². The predicted octanol–water partition coefficient (Wildman–Crippen LogP) is 4.14. The van der Waals surface area contributed by atoms with Crippen LogP contribution in [-0.2, 0) is 20.5 Å². The number of carbonyl (C=O) groups is 2. The maximum Gasteiger partial charge on any atom is 0.416 e. The van der Waals surface area contributed by atoms with Gasteiger partial charge in [-0.15, -0.1) is 0 Å². The van der Waals surface area contributed by atoms with Crippen LogP contribution >= 0.6 is 0 Å². The van der Waals surface area contributed by atoms with E-state index in [2.05, 4.69) is 0 Å². The van der Waals surface area contributed by atoms with Crippen molar-refractivity contribution < 1.29 is 27.5 Å². The third-order valence-corrected chi connectivity index (χ3v) is 6.59. The summed E-state index contributed by atoms with van der Waals surface area (Å²) in [5.74, 6) is -1.26. The summed E-state index contributed by atoms with van der Waals surface area (Å²) in [5, 5.41) is 0. The number of benzene rings is 1. The predicted molar refractivity (Wildman–Crippen MR) is 95.3 cm³/mol. The minimum absolute atomic E-state index is 0.00413. The van der Waals surface area contributed by atoms with E-state index in [0.29, 0.717) is 12.8 Å². The molecule has 1 saturated heterocycles. The van der Waals surface area contributed by atoms with Crippen LogP contribution in [0.5, 0.6) is 0 Å². The summed E-state index contributed by atoms with van der Waals surface area (Å²) < 4.78 is 44.9. The van der Waals surface area contributed by atoms with Crippen molar-refractivity contribution in [2.24, 2.45) is 11.8 Å². The molecule has 7 heteroatoms. The monoisotopic (exact) mass is 395 g/mol. The lowest BCUT2D eigenvalue weighted by atomic mass is 9.84. The van der Waals surface area contributed by atoms with Crippen LogP contribution in [0.15, 0.2) is 24.3 Å². The Kier molecular flexibility index (Phi) is 4.88. The minimum Gasteiger partial charge on any atom is -0.467 e. The SMILES string of the molecule is COC(=O)[C@@H]1C[C@@H]2CCCC[C@@H]2N1C(=O)[C@H]1C[C@H]1c1ccccc1C(F)(F)F. The first-order valence-electron chi connectivity index (χ1n) is 9.89. The van der Waals surface area contributed by atoms with Crippen molar-refractivity contribution in [2.75, 3.05) is 7.11 Å². The van der Waals surface area contributed by atoms with Crippen molar-refractivity contribution >= 4 is 11.9 Å². The first kappa shape index (κ1) is 19.3. The van der Waals surface area contributed by atoms with E-state index in [-0.39, 0.29) is 23.4 Å². The highest BCUT2D eigenvalue weighted by Gasteiger charge is 2.55. The van der Waals surface area contributed by atoms with Gasteiger partial charge in [-0.05, 0) is 49.1 Å². The van der Waals surface area contributed by atoms with E-state index in [0.717, 1.165) is 31.7 Å². The largest absolute Gasteiger partial charge is 0.467 e. The quantitative estimate of drug-likeness (QED) is 0.723. The number of carbonyl (C=O) groups excluding carboxylic acids is 2. The molecule has 3 aliphatic rings. The van der Waals surface area contributed by atoms with Crippen LogP contribution in [0, 0.1) is 11.8 Å². The normalized spacial score (nSPS) is 32.0. The van der Waals surface area contributed by atoms with E-state index in [9.17, 15) is 22.8 Å². The van der Waals surface area contributed by atoms with Crippen LogP contribution in [0.3, 0.4) is 0 Å². The Hall–Kier alpha value is -2.05. The van der Waals surface area contributed by atoms with Gasteiger partial charge in [-0.25, -0.2) is 4.79 Å². The highest BCUT2D eigenvalue weighted by Crippen LogP contribution is 2.53. The maximum absolute atomic E-state index is 13.3. The van der Waals surface area contributed by atoms with Gasteiger partial charge in [0.2, 0.25) is 5.91 Å². The fraction of sp³-hybridized carbons (Fsp3) is 0.619. The molecule has 0 bridgehead atoms. The van der Waals surface area contributed by atoms with Crippen LogP contribution in [0.2, 0.25) is 0 Å². The Bertz CT molecular complexity index is 778. The fourth-order valence-electron chi connectivity index (χ4n) is 5.21. The number of nitrogens with zero attached hydrogens (tertiary/aromatic N) is 1. The Morgan fingerprint density at radius 1 is 1.11 bits per heavy atom. The molecule has 4 rings (SSSR count). The van der Waals surface area contributed by atoms with Gasteiger partial charge in [0, 0.05) is 12.0 Å². The fourth-order valence-corrected chi connectivity index (χ4v) is 5.21. The summed E-state index contributed by atoms with van der Waals surface area (Å²) in [6, 6.07) is 4.88. The first-order chi connectivity index (χ1) is 13.3. The number of methoxy groups -OCH3 is 1. The van der Waals surface area contributed by atoms with Crippen molar-refractivity contribution in [2.45, 2.75) is 62.7 Å². The molecule has 28 heavy (non-hydrogen) atoms. The van der Waals surface area contributed by atoms with Crippen molar-refractivity contribution in [3.63, 3.8) is 0 Å². The molecule has 0 radical (unpaired) electrons. The molecule has 5 atom stereocenters. The lowest BCUT2D eigenvalue weighted by Gasteiger charge is -2.33. The zero-order chi connectivity index (χ0) is 20.1. The van der Waals surface area contributed by atoms with E-state index in [1.165, 1.54) is 19.2 Å². The van der Waals surface area contributed by atoms with E-state index >= 15 is 0 Å². The molecule has 1 heterocycles. The second-order valence-corrected chi connectivity index (χ2v) is 8.17. The molecule has 1 amide bonds. The van der Waals surface area contributed by atoms with Crippen molar-refractivity contribution in [3.05, 3.63) is 35.4 Å². The number of esters is 1. The smallest absolute Gasteiger partial charge is 0.416 e. The van der Waals surface area contributed by atoms with Gasteiger partial charge >= 0.3 is 12.1 Å². The van der Waals surface area contributed by atoms with Crippen molar-refractivity contribution in [3.8, 4) is 0 Å².